The number of anilines is 1. The van der Waals surface area contributed by atoms with Crippen LogP contribution in [0.5, 0.6) is 11.5 Å². The van der Waals surface area contributed by atoms with Crippen molar-refractivity contribution in [1.29, 1.82) is 0 Å². The summed E-state index contributed by atoms with van der Waals surface area (Å²) >= 11 is 0. The average molecular weight is 519 g/mol. The van der Waals surface area contributed by atoms with Crippen molar-refractivity contribution in [3.05, 3.63) is 48.5 Å². The van der Waals surface area contributed by atoms with E-state index in [1.807, 2.05) is 12.1 Å². The van der Waals surface area contributed by atoms with Crippen molar-refractivity contribution in [2.24, 2.45) is 10.2 Å². The van der Waals surface area contributed by atoms with E-state index in [9.17, 15) is 27.0 Å². The SMILES string of the molecule is CS(=O)(=O)O.Nc1cc(S(=O)(=O)O)cc(N=Nc2ccc3ccccc3c2O)c1O.[Cu]. The molecule has 0 aliphatic carbocycles. The summed E-state index contributed by atoms with van der Waals surface area (Å²) in [5.74, 6) is -0.600. The molecule has 0 aliphatic rings. The Morgan fingerprint density at radius 3 is 1.97 bits per heavy atom. The summed E-state index contributed by atoms with van der Waals surface area (Å²) in [4.78, 5) is -0.528. The zero-order chi connectivity index (χ0) is 22.7. The summed E-state index contributed by atoms with van der Waals surface area (Å²) in [7, 11) is -8.19. The monoisotopic (exact) mass is 518 g/mol. The van der Waals surface area contributed by atoms with E-state index in [0.29, 0.717) is 11.6 Å². The number of nitrogens with two attached hydrogens (primary N) is 1. The predicted octanol–water partition coefficient (Wildman–Crippen LogP) is 3.00. The number of phenols is 2. The Bertz CT molecular complexity index is 1330. The van der Waals surface area contributed by atoms with Gasteiger partial charge >= 0.3 is 0 Å². The average Bonchev–Trinajstić information content (AvgIpc) is 2.62. The molecule has 3 rings (SSSR count). The fourth-order valence-electron chi connectivity index (χ4n) is 2.27. The van der Waals surface area contributed by atoms with Gasteiger partial charge < -0.3 is 15.9 Å². The summed E-state index contributed by atoms with van der Waals surface area (Å²) in [6, 6.07) is 12.2. The van der Waals surface area contributed by atoms with Gasteiger partial charge in [0.25, 0.3) is 20.2 Å². The van der Waals surface area contributed by atoms with Crippen molar-refractivity contribution in [2.75, 3.05) is 12.0 Å². The zero-order valence-electron chi connectivity index (χ0n) is 15.6. The molecule has 3 aromatic carbocycles. The third-order valence-electron chi connectivity index (χ3n) is 3.54. The second-order valence-electron chi connectivity index (χ2n) is 5.94. The van der Waals surface area contributed by atoms with Crippen LogP contribution in [-0.4, -0.2) is 42.4 Å². The molecule has 0 spiro atoms. The summed E-state index contributed by atoms with van der Waals surface area (Å²) < 4.78 is 57.4. The summed E-state index contributed by atoms with van der Waals surface area (Å²) in [6.07, 6.45) is 0.715. The maximum Gasteiger partial charge on any atom is 0.294 e. The second kappa shape index (κ2) is 10.0. The van der Waals surface area contributed by atoms with E-state index in [1.54, 1.807) is 18.2 Å². The molecule has 0 amide bonds. The zero-order valence-corrected chi connectivity index (χ0v) is 18.2. The Morgan fingerprint density at radius 2 is 1.39 bits per heavy atom. The van der Waals surface area contributed by atoms with E-state index in [0.717, 1.165) is 17.5 Å². The maximum atomic E-state index is 11.2. The minimum absolute atomic E-state index is 0. The van der Waals surface area contributed by atoms with Crippen molar-refractivity contribution < 1.29 is 53.2 Å². The molecule has 14 heteroatoms. The standard InChI is InChI=1S/C16H13N3O5S.CH4O3S.Cu/c17-12-7-10(25(22,23)24)8-14(16(12)21)19-18-13-6-5-9-3-1-2-4-11(9)15(13)20;1-5(2,3)4;/h1-8,20-21H,17H2,(H,22,23,24);1H3,(H,2,3,4);. The molecule has 0 fully saturated rings. The van der Waals surface area contributed by atoms with E-state index in [-0.39, 0.29) is 39.9 Å². The van der Waals surface area contributed by atoms with E-state index in [4.69, 9.17) is 14.8 Å². The molecular formula is C17H17CuN3O8S2. The molecule has 11 nitrogen and oxygen atoms in total. The first kappa shape index (κ1) is 26.3. The maximum absolute atomic E-state index is 11.2. The molecule has 0 atom stereocenters. The van der Waals surface area contributed by atoms with E-state index < -0.39 is 30.9 Å². The van der Waals surface area contributed by atoms with Crippen LogP contribution >= 0.6 is 0 Å². The topological polar surface area (TPSA) is 200 Å². The molecule has 1 radical (unpaired) electrons. The normalized spacial score (nSPS) is 11.6. The van der Waals surface area contributed by atoms with Crippen LogP contribution in [0, 0.1) is 0 Å². The van der Waals surface area contributed by atoms with Gasteiger partial charge in [-0.2, -0.15) is 16.8 Å². The quantitative estimate of drug-likeness (QED) is 0.113. The van der Waals surface area contributed by atoms with Crippen LogP contribution in [0.15, 0.2) is 63.7 Å². The molecule has 0 aliphatic heterocycles. The first-order valence-electron chi connectivity index (χ1n) is 7.92. The van der Waals surface area contributed by atoms with Crippen LogP contribution < -0.4 is 5.73 Å². The number of fused-ring (bicyclic) bond motifs is 1. The minimum atomic E-state index is -4.53. The molecule has 0 saturated heterocycles. The number of aromatic hydroxyl groups is 2. The van der Waals surface area contributed by atoms with Crippen LogP contribution in [-0.2, 0) is 37.3 Å². The van der Waals surface area contributed by atoms with Gasteiger partial charge in [0.15, 0.2) is 11.5 Å². The van der Waals surface area contributed by atoms with Crippen LogP contribution in [0.25, 0.3) is 10.8 Å². The molecular weight excluding hydrogens is 502 g/mol. The molecule has 171 valence electrons. The Labute approximate surface area is 188 Å². The number of hydrogen-bond donors (Lipinski definition) is 5. The molecule has 3 aromatic rings. The van der Waals surface area contributed by atoms with Crippen LogP contribution in [0.2, 0.25) is 0 Å². The Morgan fingerprint density at radius 1 is 0.839 bits per heavy atom. The van der Waals surface area contributed by atoms with Gasteiger partial charge in [0.05, 0.1) is 16.8 Å². The first-order valence-corrected chi connectivity index (χ1v) is 11.2. The third-order valence-corrected chi connectivity index (χ3v) is 4.37. The number of phenolic OH excluding ortho intramolecular Hbond substituents is 2. The predicted molar refractivity (Wildman–Crippen MR) is 110 cm³/mol. The second-order valence-corrected chi connectivity index (χ2v) is 8.83. The van der Waals surface area contributed by atoms with Gasteiger partial charge in [0.2, 0.25) is 0 Å². The van der Waals surface area contributed by atoms with Gasteiger partial charge in [0, 0.05) is 22.5 Å². The number of nitrogen functional groups attached to an aromatic ring is 1. The van der Waals surface area contributed by atoms with Gasteiger partial charge in [-0.25, -0.2) is 0 Å². The summed E-state index contributed by atoms with van der Waals surface area (Å²) in [5.41, 5.74) is 5.09. The van der Waals surface area contributed by atoms with Crippen molar-refractivity contribution in [2.45, 2.75) is 4.90 Å². The molecule has 0 saturated carbocycles. The van der Waals surface area contributed by atoms with Crippen LogP contribution in [0.3, 0.4) is 0 Å². The summed E-state index contributed by atoms with van der Waals surface area (Å²) in [6.45, 7) is 0. The molecule has 0 bridgehead atoms. The van der Waals surface area contributed by atoms with E-state index >= 15 is 0 Å². The third kappa shape index (κ3) is 7.47. The van der Waals surface area contributed by atoms with Crippen LogP contribution in [0.4, 0.5) is 17.1 Å². The van der Waals surface area contributed by atoms with Crippen molar-refractivity contribution in [3.8, 4) is 11.5 Å². The molecule has 0 aromatic heterocycles. The largest absolute Gasteiger partial charge is 0.505 e. The number of benzene rings is 3. The van der Waals surface area contributed by atoms with Gasteiger partial charge in [0.1, 0.15) is 11.4 Å². The smallest absolute Gasteiger partial charge is 0.294 e. The first-order chi connectivity index (χ1) is 13.8. The number of nitrogens with zero attached hydrogens (tertiary/aromatic N) is 2. The number of hydrogen-bond acceptors (Lipinski definition) is 9. The molecule has 31 heavy (non-hydrogen) atoms. The van der Waals surface area contributed by atoms with E-state index in [2.05, 4.69) is 10.2 Å². The van der Waals surface area contributed by atoms with Gasteiger partial charge in [-0.1, -0.05) is 30.3 Å². The number of rotatable bonds is 3. The van der Waals surface area contributed by atoms with Crippen molar-refractivity contribution >= 4 is 48.1 Å². The van der Waals surface area contributed by atoms with Gasteiger partial charge in [-0.15, -0.1) is 10.2 Å². The molecule has 0 heterocycles. The summed E-state index contributed by atoms with van der Waals surface area (Å²) in [5, 5.41) is 29.1. The Hall–Kier alpha value is -2.74. The van der Waals surface area contributed by atoms with Crippen molar-refractivity contribution in [1.82, 2.24) is 0 Å². The Balaban J connectivity index is 0.000000721. The fraction of sp³-hybridized carbons (Fsp3) is 0.0588. The van der Waals surface area contributed by atoms with Crippen LogP contribution in [0.1, 0.15) is 0 Å². The van der Waals surface area contributed by atoms with Gasteiger partial charge in [-0.05, 0) is 23.6 Å². The number of azo groups is 1. The minimum Gasteiger partial charge on any atom is -0.505 e. The molecule has 6 N–H and O–H groups in total. The van der Waals surface area contributed by atoms with E-state index in [1.165, 1.54) is 6.07 Å². The Kier molecular flexibility index (Phi) is 8.52. The van der Waals surface area contributed by atoms with Crippen molar-refractivity contribution in [3.63, 3.8) is 0 Å². The fourth-order valence-corrected chi connectivity index (χ4v) is 2.81. The van der Waals surface area contributed by atoms with Gasteiger partial charge in [-0.3, -0.25) is 9.11 Å². The molecule has 0 unspecified atom stereocenters.